The fourth-order valence-electron chi connectivity index (χ4n) is 1.52. The molecule has 2 N–H and O–H groups in total. The molecule has 1 aromatic rings. The highest BCUT2D eigenvalue weighted by Gasteiger charge is 2.13. The second-order valence-electron chi connectivity index (χ2n) is 4.25. The number of hydrogen-bond acceptors (Lipinski definition) is 3. The Morgan fingerprint density at radius 1 is 1.65 bits per heavy atom. The first kappa shape index (κ1) is 13.4. The first-order valence-electron chi connectivity index (χ1n) is 5.54. The SMILES string of the molecule is C=C(C)CC(C)C(=O)Nc1ccnc(CO)c1. The van der Waals surface area contributed by atoms with Gasteiger partial charge in [0.2, 0.25) is 5.91 Å². The molecule has 0 aliphatic heterocycles. The molecule has 17 heavy (non-hydrogen) atoms. The number of aromatic nitrogens is 1. The summed E-state index contributed by atoms with van der Waals surface area (Å²) in [7, 11) is 0. The molecule has 0 saturated heterocycles. The van der Waals surface area contributed by atoms with E-state index < -0.39 is 0 Å². The molecule has 0 saturated carbocycles. The molecule has 1 amide bonds. The summed E-state index contributed by atoms with van der Waals surface area (Å²) in [4.78, 5) is 15.8. The average molecular weight is 234 g/mol. The number of hydrogen-bond donors (Lipinski definition) is 2. The Balaban J connectivity index is 2.64. The minimum absolute atomic E-state index is 0.0527. The van der Waals surface area contributed by atoms with Gasteiger partial charge in [-0.15, -0.1) is 6.58 Å². The van der Waals surface area contributed by atoms with Gasteiger partial charge in [0, 0.05) is 17.8 Å². The van der Waals surface area contributed by atoms with E-state index in [1.54, 1.807) is 18.3 Å². The first-order valence-corrected chi connectivity index (χ1v) is 5.54. The Morgan fingerprint density at radius 2 is 2.35 bits per heavy atom. The second-order valence-corrected chi connectivity index (χ2v) is 4.25. The molecular weight excluding hydrogens is 216 g/mol. The monoisotopic (exact) mass is 234 g/mol. The molecule has 0 bridgehead atoms. The molecule has 92 valence electrons. The summed E-state index contributed by atoms with van der Waals surface area (Å²) in [5.41, 5.74) is 2.18. The van der Waals surface area contributed by atoms with E-state index in [0.29, 0.717) is 17.8 Å². The van der Waals surface area contributed by atoms with Gasteiger partial charge in [0.1, 0.15) is 0 Å². The van der Waals surface area contributed by atoms with Crippen molar-refractivity contribution < 1.29 is 9.90 Å². The zero-order valence-corrected chi connectivity index (χ0v) is 10.2. The lowest BCUT2D eigenvalue weighted by Crippen LogP contribution is -2.20. The maximum absolute atomic E-state index is 11.8. The molecule has 0 radical (unpaired) electrons. The molecule has 0 aromatic carbocycles. The van der Waals surface area contributed by atoms with Crippen molar-refractivity contribution in [2.24, 2.45) is 5.92 Å². The number of pyridine rings is 1. The third-order valence-corrected chi connectivity index (χ3v) is 2.35. The lowest BCUT2D eigenvalue weighted by atomic mass is 10.0. The lowest BCUT2D eigenvalue weighted by molar-refractivity contribution is -0.119. The van der Waals surface area contributed by atoms with Gasteiger partial charge in [0.15, 0.2) is 0 Å². The van der Waals surface area contributed by atoms with E-state index in [-0.39, 0.29) is 18.4 Å². The summed E-state index contributed by atoms with van der Waals surface area (Å²) in [5, 5.41) is 11.7. The molecule has 0 aliphatic rings. The largest absolute Gasteiger partial charge is 0.390 e. The number of aliphatic hydroxyl groups is 1. The molecule has 0 aliphatic carbocycles. The van der Waals surface area contributed by atoms with Crippen LogP contribution in [0.3, 0.4) is 0 Å². The average Bonchev–Trinajstić information content (AvgIpc) is 2.28. The normalized spacial score (nSPS) is 11.9. The van der Waals surface area contributed by atoms with Gasteiger partial charge in [-0.2, -0.15) is 0 Å². The summed E-state index contributed by atoms with van der Waals surface area (Å²) < 4.78 is 0. The van der Waals surface area contributed by atoms with Crippen LogP contribution in [0.5, 0.6) is 0 Å². The zero-order chi connectivity index (χ0) is 12.8. The number of allylic oxidation sites excluding steroid dienone is 1. The van der Waals surface area contributed by atoms with Crippen LogP contribution in [0.1, 0.15) is 26.0 Å². The standard InChI is InChI=1S/C13H18N2O2/c1-9(2)6-10(3)13(17)15-11-4-5-14-12(7-11)8-16/h4-5,7,10,16H,1,6,8H2,2-3H3,(H,14,15,17). The van der Waals surface area contributed by atoms with Crippen LogP contribution in [-0.4, -0.2) is 16.0 Å². The Hall–Kier alpha value is -1.68. The Bertz CT molecular complexity index is 416. The van der Waals surface area contributed by atoms with Gasteiger partial charge in [-0.3, -0.25) is 9.78 Å². The van der Waals surface area contributed by atoms with Gasteiger partial charge in [-0.05, 0) is 25.5 Å². The molecule has 1 atom stereocenters. The topological polar surface area (TPSA) is 62.2 Å². The highest BCUT2D eigenvalue weighted by molar-refractivity contribution is 5.92. The van der Waals surface area contributed by atoms with Crippen molar-refractivity contribution in [3.8, 4) is 0 Å². The van der Waals surface area contributed by atoms with Crippen molar-refractivity contribution in [3.05, 3.63) is 36.2 Å². The van der Waals surface area contributed by atoms with Crippen molar-refractivity contribution in [3.63, 3.8) is 0 Å². The summed E-state index contributed by atoms with van der Waals surface area (Å²) in [5.74, 6) is -0.165. The first-order chi connectivity index (χ1) is 8.02. The Kier molecular flexibility index (Phi) is 4.84. The van der Waals surface area contributed by atoms with Crippen LogP contribution >= 0.6 is 0 Å². The maximum Gasteiger partial charge on any atom is 0.227 e. The molecule has 1 heterocycles. The van der Waals surface area contributed by atoms with Crippen LogP contribution < -0.4 is 5.32 Å². The minimum Gasteiger partial charge on any atom is -0.390 e. The number of anilines is 1. The van der Waals surface area contributed by atoms with E-state index in [4.69, 9.17) is 5.11 Å². The Labute approximate surface area is 101 Å². The van der Waals surface area contributed by atoms with Crippen LogP contribution in [-0.2, 0) is 11.4 Å². The highest BCUT2D eigenvalue weighted by atomic mass is 16.3. The molecule has 4 heteroatoms. The fraction of sp³-hybridized carbons (Fsp3) is 0.385. The number of rotatable bonds is 5. The fourth-order valence-corrected chi connectivity index (χ4v) is 1.52. The van der Waals surface area contributed by atoms with Crippen molar-refractivity contribution in [1.82, 2.24) is 4.98 Å². The third-order valence-electron chi connectivity index (χ3n) is 2.35. The Morgan fingerprint density at radius 3 is 2.94 bits per heavy atom. The van der Waals surface area contributed by atoms with Crippen LogP contribution in [0.15, 0.2) is 30.5 Å². The molecule has 0 fully saturated rings. The molecular formula is C13H18N2O2. The number of amides is 1. The summed E-state index contributed by atoms with van der Waals surface area (Å²) in [6.45, 7) is 7.42. The van der Waals surface area contributed by atoms with E-state index in [9.17, 15) is 4.79 Å². The second kappa shape index (κ2) is 6.15. The van der Waals surface area contributed by atoms with E-state index in [1.807, 2.05) is 13.8 Å². The minimum atomic E-state index is -0.134. The molecule has 4 nitrogen and oxygen atoms in total. The maximum atomic E-state index is 11.8. The third kappa shape index (κ3) is 4.36. The molecule has 1 unspecified atom stereocenters. The lowest BCUT2D eigenvalue weighted by Gasteiger charge is -2.12. The van der Waals surface area contributed by atoms with Crippen LogP contribution in [0.2, 0.25) is 0 Å². The zero-order valence-electron chi connectivity index (χ0n) is 10.2. The summed E-state index contributed by atoms with van der Waals surface area (Å²) >= 11 is 0. The quantitative estimate of drug-likeness (QED) is 0.767. The van der Waals surface area contributed by atoms with Gasteiger partial charge in [-0.25, -0.2) is 0 Å². The van der Waals surface area contributed by atoms with Crippen molar-refractivity contribution in [2.45, 2.75) is 26.9 Å². The summed E-state index contributed by atoms with van der Waals surface area (Å²) in [6.07, 6.45) is 2.23. The number of carbonyl (C=O) groups is 1. The molecule has 1 aromatic heterocycles. The van der Waals surface area contributed by atoms with Gasteiger partial charge >= 0.3 is 0 Å². The van der Waals surface area contributed by atoms with Crippen molar-refractivity contribution >= 4 is 11.6 Å². The van der Waals surface area contributed by atoms with E-state index in [0.717, 1.165) is 5.57 Å². The van der Waals surface area contributed by atoms with E-state index in [2.05, 4.69) is 16.9 Å². The van der Waals surface area contributed by atoms with Gasteiger partial charge in [0.25, 0.3) is 0 Å². The van der Waals surface area contributed by atoms with Crippen molar-refractivity contribution in [2.75, 3.05) is 5.32 Å². The number of nitrogens with one attached hydrogen (secondary N) is 1. The van der Waals surface area contributed by atoms with Crippen molar-refractivity contribution in [1.29, 1.82) is 0 Å². The van der Waals surface area contributed by atoms with E-state index in [1.165, 1.54) is 0 Å². The smallest absolute Gasteiger partial charge is 0.227 e. The predicted octanol–water partition coefficient (Wildman–Crippen LogP) is 2.11. The predicted molar refractivity (Wildman–Crippen MR) is 67.4 cm³/mol. The van der Waals surface area contributed by atoms with Gasteiger partial charge < -0.3 is 10.4 Å². The summed E-state index contributed by atoms with van der Waals surface area (Å²) in [6, 6.07) is 3.36. The molecule has 0 spiro atoms. The number of aliphatic hydroxyl groups excluding tert-OH is 1. The van der Waals surface area contributed by atoms with Crippen LogP contribution in [0.4, 0.5) is 5.69 Å². The highest BCUT2D eigenvalue weighted by Crippen LogP contribution is 2.13. The van der Waals surface area contributed by atoms with Crippen LogP contribution in [0, 0.1) is 5.92 Å². The number of carbonyl (C=O) groups excluding carboxylic acids is 1. The number of nitrogens with zero attached hydrogens (tertiary/aromatic N) is 1. The van der Waals surface area contributed by atoms with Gasteiger partial charge in [0.05, 0.1) is 12.3 Å². The molecule has 1 rings (SSSR count). The van der Waals surface area contributed by atoms with Gasteiger partial charge in [-0.1, -0.05) is 12.5 Å². The van der Waals surface area contributed by atoms with E-state index >= 15 is 0 Å². The van der Waals surface area contributed by atoms with Crippen LogP contribution in [0.25, 0.3) is 0 Å².